The lowest BCUT2D eigenvalue weighted by atomic mass is 9.94. The van der Waals surface area contributed by atoms with E-state index in [1.54, 1.807) is 19.2 Å². The van der Waals surface area contributed by atoms with Crippen LogP contribution in [0.1, 0.15) is 43.0 Å². The second-order valence-electron chi connectivity index (χ2n) is 9.02. The monoisotopic (exact) mass is 512 g/mol. The number of likely N-dealkylation sites (tertiary alicyclic amines) is 2. The average Bonchev–Trinajstić information content (AvgIpc) is 2.85. The van der Waals surface area contributed by atoms with Crippen molar-refractivity contribution >= 4 is 40.6 Å². The molecule has 0 saturated carbocycles. The summed E-state index contributed by atoms with van der Waals surface area (Å²) < 4.78 is 16.7. The Morgan fingerprint density at radius 2 is 1.97 bits per heavy atom. The van der Waals surface area contributed by atoms with Gasteiger partial charge in [0.2, 0.25) is 0 Å². The van der Waals surface area contributed by atoms with Crippen LogP contribution in [0.3, 0.4) is 0 Å². The Hall–Kier alpha value is -1.81. The van der Waals surface area contributed by atoms with Crippen molar-refractivity contribution in [2.45, 2.75) is 44.8 Å². The molecule has 0 bridgehead atoms. The van der Waals surface area contributed by atoms with Crippen molar-refractivity contribution in [3.63, 3.8) is 0 Å². The fraction of sp³-hybridized carbons (Fsp3) is 0.667. The number of nitrogen functional groups attached to an aromatic ring is 1. The zero-order chi connectivity index (χ0) is 24.7. The number of carbonyl (C=O) groups excluding carboxylic acids is 1. The van der Waals surface area contributed by atoms with Crippen molar-refractivity contribution in [3.05, 3.63) is 22.7 Å². The molecule has 10 heteroatoms. The van der Waals surface area contributed by atoms with Crippen LogP contribution in [0, 0.1) is 5.92 Å². The quantitative estimate of drug-likeness (QED) is 0.405. The zero-order valence-corrected chi connectivity index (χ0v) is 21.9. The maximum absolute atomic E-state index is 13.0. The van der Waals surface area contributed by atoms with Crippen LogP contribution in [-0.2, 0) is 9.47 Å². The smallest absolute Gasteiger partial charge is 0.259 e. The lowest BCUT2D eigenvalue weighted by molar-refractivity contribution is -0.000533. The molecule has 0 aromatic heterocycles. The van der Waals surface area contributed by atoms with E-state index in [0.29, 0.717) is 39.7 Å². The third-order valence-electron chi connectivity index (χ3n) is 6.64. The minimum Gasteiger partial charge on any atom is -0.496 e. The lowest BCUT2D eigenvalue weighted by Gasteiger charge is -2.41. The van der Waals surface area contributed by atoms with Crippen LogP contribution >= 0.6 is 23.8 Å². The molecule has 34 heavy (non-hydrogen) atoms. The molecule has 190 valence electrons. The Morgan fingerprint density at radius 1 is 1.24 bits per heavy atom. The number of piperidine rings is 2. The molecule has 3 N–H and O–H groups in total. The second-order valence-corrected chi connectivity index (χ2v) is 9.78. The van der Waals surface area contributed by atoms with Gasteiger partial charge in [-0.3, -0.25) is 4.79 Å². The number of halogens is 1. The Balaban J connectivity index is 1.50. The van der Waals surface area contributed by atoms with Gasteiger partial charge in [0.1, 0.15) is 5.75 Å². The Morgan fingerprint density at radius 3 is 2.62 bits per heavy atom. The highest BCUT2D eigenvalue weighted by molar-refractivity contribution is 7.80. The second kappa shape index (κ2) is 12.8. The maximum atomic E-state index is 13.0. The van der Waals surface area contributed by atoms with Crippen LogP contribution < -0.4 is 15.8 Å². The number of nitrogens with zero attached hydrogens (tertiary/aromatic N) is 2. The van der Waals surface area contributed by atoms with Crippen LogP contribution in [0.4, 0.5) is 5.69 Å². The third-order valence-corrected chi connectivity index (χ3v) is 7.35. The number of carbonyl (C=O) groups is 1. The molecule has 1 amide bonds. The van der Waals surface area contributed by atoms with Gasteiger partial charge in [0, 0.05) is 45.9 Å². The number of hydrogen-bond donors (Lipinski definition) is 2. The van der Waals surface area contributed by atoms with Crippen LogP contribution in [0.2, 0.25) is 5.02 Å². The first-order chi connectivity index (χ1) is 16.4. The molecule has 1 aromatic rings. The maximum Gasteiger partial charge on any atom is 0.259 e. The topological polar surface area (TPSA) is 89.3 Å². The molecule has 0 radical (unpaired) electrons. The summed E-state index contributed by atoms with van der Waals surface area (Å²) in [6.07, 6.45) is 3.88. The van der Waals surface area contributed by atoms with Gasteiger partial charge in [0.25, 0.3) is 11.1 Å². The Bertz CT molecular complexity index is 851. The van der Waals surface area contributed by atoms with Crippen LogP contribution in [0.25, 0.3) is 0 Å². The summed E-state index contributed by atoms with van der Waals surface area (Å²) in [5, 5.41) is 4.07. The summed E-state index contributed by atoms with van der Waals surface area (Å²) in [5.41, 5.74) is 6.58. The number of anilines is 1. The summed E-state index contributed by atoms with van der Waals surface area (Å²) in [6, 6.07) is 3.03. The number of nitrogens with one attached hydrogen (secondary N) is 1. The largest absolute Gasteiger partial charge is 0.496 e. The summed E-state index contributed by atoms with van der Waals surface area (Å²) in [6.45, 7) is 7.36. The molecule has 3 rings (SSSR count). The molecule has 2 fully saturated rings. The number of rotatable bonds is 8. The highest BCUT2D eigenvalue weighted by Gasteiger charge is 2.33. The van der Waals surface area contributed by atoms with E-state index in [2.05, 4.69) is 22.0 Å². The molecule has 8 nitrogen and oxygen atoms in total. The van der Waals surface area contributed by atoms with Gasteiger partial charge in [-0.05, 0) is 49.9 Å². The SMILES string of the molecule is CCCOC(=S)N1CCC(CN2CCC(NC(=O)c3cc(Cl)c(N)cc3OC)C(OC)C2)CC1. The van der Waals surface area contributed by atoms with E-state index in [-0.39, 0.29) is 18.1 Å². The number of nitrogens with two attached hydrogens (primary N) is 1. The van der Waals surface area contributed by atoms with Gasteiger partial charge in [-0.1, -0.05) is 18.5 Å². The number of ether oxygens (including phenoxy) is 3. The van der Waals surface area contributed by atoms with E-state index in [1.807, 2.05) is 0 Å². The van der Waals surface area contributed by atoms with E-state index in [4.69, 9.17) is 43.8 Å². The number of amides is 1. The number of benzene rings is 1. The summed E-state index contributed by atoms with van der Waals surface area (Å²) in [5.74, 6) is 0.777. The standard InChI is InChI=1S/C24H37ClN4O4S/c1-4-11-33-24(34)29-9-5-16(6-10-29)14-28-8-7-20(22(15-28)32-3)27-23(30)17-12-18(25)19(26)13-21(17)31-2/h12-13,16,20,22H,4-11,14-15,26H2,1-3H3,(H,27,30). The Labute approximate surface area is 213 Å². The number of hydrogen-bond acceptors (Lipinski definition) is 7. The van der Waals surface area contributed by atoms with E-state index in [9.17, 15) is 4.79 Å². The highest BCUT2D eigenvalue weighted by atomic mass is 35.5. The van der Waals surface area contributed by atoms with Gasteiger partial charge in [0.05, 0.1) is 42.1 Å². The van der Waals surface area contributed by atoms with E-state index < -0.39 is 0 Å². The van der Waals surface area contributed by atoms with E-state index in [0.717, 1.165) is 58.4 Å². The van der Waals surface area contributed by atoms with Crippen molar-refractivity contribution in [2.75, 3.05) is 59.3 Å². The van der Waals surface area contributed by atoms with Crippen molar-refractivity contribution in [3.8, 4) is 5.75 Å². The molecule has 0 spiro atoms. The van der Waals surface area contributed by atoms with Crippen LogP contribution in [-0.4, -0.2) is 86.6 Å². The number of thiocarbonyl (C=S) groups is 1. The van der Waals surface area contributed by atoms with Gasteiger partial charge in [-0.15, -0.1) is 0 Å². The van der Waals surface area contributed by atoms with Gasteiger partial charge in [0.15, 0.2) is 0 Å². The van der Waals surface area contributed by atoms with Gasteiger partial charge in [-0.2, -0.15) is 0 Å². The summed E-state index contributed by atoms with van der Waals surface area (Å²) in [4.78, 5) is 17.6. The molecule has 2 unspecified atom stereocenters. The predicted molar refractivity (Wildman–Crippen MR) is 139 cm³/mol. The minimum atomic E-state index is -0.243. The lowest BCUT2D eigenvalue weighted by Crippen LogP contribution is -2.55. The highest BCUT2D eigenvalue weighted by Crippen LogP contribution is 2.29. The molecule has 1 aromatic carbocycles. The van der Waals surface area contributed by atoms with Gasteiger partial charge in [-0.25, -0.2) is 0 Å². The van der Waals surface area contributed by atoms with E-state index >= 15 is 0 Å². The first-order valence-electron chi connectivity index (χ1n) is 12.0. The first-order valence-corrected chi connectivity index (χ1v) is 12.8. The molecule has 0 aliphatic carbocycles. The first kappa shape index (κ1) is 26.8. The minimum absolute atomic E-state index is 0.0929. The fourth-order valence-electron chi connectivity index (χ4n) is 4.66. The summed E-state index contributed by atoms with van der Waals surface area (Å²) >= 11 is 11.5. The van der Waals surface area contributed by atoms with Crippen molar-refractivity contribution < 1.29 is 19.0 Å². The van der Waals surface area contributed by atoms with Crippen LogP contribution in [0.5, 0.6) is 5.75 Å². The van der Waals surface area contributed by atoms with Crippen molar-refractivity contribution in [1.29, 1.82) is 0 Å². The predicted octanol–water partition coefficient (Wildman–Crippen LogP) is 3.17. The van der Waals surface area contributed by atoms with Crippen molar-refractivity contribution in [1.82, 2.24) is 15.1 Å². The van der Waals surface area contributed by atoms with Gasteiger partial charge >= 0.3 is 0 Å². The Kier molecular flexibility index (Phi) is 10.1. The van der Waals surface area contributed by atoms with Crippen molar-refractivity contribution in [2.24, 2.45) is 5.92 Å². The fourth-order valence-corrected chi connectivity index (χ4v) is 5.09. The molecule has 2 atom stereocenters. The zero-order valence-electron chi connectivity index (χ0n) is 20.3. The van der Waals surface area contributed by atoms with Crippen LogP contribution in [0.15, 0.2) is 12.1 Å². The van der Waals surface area contributed by atoms with E-state index in [1.165, 1.54) is 7.11 Å². The molecular weight excluding hydrogens is 476 g/mol. The summed E-state index contributed by atoms with van der Waals surface area (Å²) in [7, 11) is 3.20. The number of methoxy groups -OCH3 is 2. The molecule has 2 aliphatic rings. The normalized spacial score (nSPS) is 21.8. The average molecular weight is 513 g/mol. The molecule has 2 saturated heterocycles. The molecule has 2 aliphatic heterocycles. The third kappa shape index (κ3) is 6.87. The molecule has 2 heterocycles. The molecular formula is C24H37ClN4O4S. The van der Waals surface area contributed by atoms with Gasteiger partial charge < -0.3 is 35.1 Å².